The topological polar surface area (TPSA) is 32.5 Å². The molecule has 0 aliphatic carbocycles. The van der Waals surface area contributed by atoms with Crippen LogP contribution in [0.25, 0.3) is 0 Å². The summed E-state index contributed by atoms with van der Waals surface area (Å²) in [5, 5.41) is 0. The predicted octanol–water partition coefficient (Wildman–Crippen LogP) is 2.33. The lowest BCUT2D eigenvalue weighted by Crippen LogP contribution is -2.49. The molecule has 0 N–H and O–H groups in total. The fourth-order valence-corrected chi connectivity index (χ4v) is 2.24. The molecule has 0 bridgehead atoms. The first kappa shape index (κ1) is 12.7. The molecule has 4 nitrogen and oxygen atoms in total. The van der Waals surface area contributed by atoms with E-state index in [0.29, 0.717) is 17.9 Å². The summed E-state index contributed by atoms with van der Waals surface area (Å²) in [5.74, 6) is 0.413. The van der Waals surface area contributed by atoms with Crippen molar-refractivity contribution in [3.8, 4) is 0 Å². The van der Waals surface area contributed by atoms with Crippen molar-refractivity contribution in [2.45, 2.75) is 32.2 Å². The van der Waals surface area contributed by atoms with Crippen LogP contribution in [-0.2, 0) is 5.88 Å². The van der Waals surface area contributed by atoms with Crippen LogP contribution < -0.4 is 4.90 Å². The molecule has 17 heavy (non-hydrogen) atoms. The molecule has 1 saturated heterocycles. The summed E-state index contributed by atoms with van der Waals surface area (Å²) in [6, 6.07) is 1.38. The van der Waals surface area contributed by atoms with E-state index in [1.807, 2.05) is 0 Å². The van der Waals surface area contributed by atoms with Gasteiger partial charge in [0.15, 0.2) is 0 Å². The molecule has 0 radical (unpaired) electrons. The Kier molecular flexibility index (Phi) is 4.29. The standard InChI is InChI=1S/C12H20ClN3O/c1-3-10(2)15-4-6-16(7-5-15)12-14-11(8-13)9-17-12/h9-10H,3-8H2,1-2H3. The van der Waals surface area contributed by atoms with Gasteiger partial charge in [0.1, 0.15) is 6.26 Å². The van der Waals surface area contributed by atoms with Crippen molar-refractivity contribution in [1.29, 1.82) is 0 Å². The fraction of sp³-hybridized carbons (Fsp3) is 0.750. The Hall–Kier alpha value is -0.740. The van der Waals surface area contributed by atoms with Gasteiger partial charge in [-0.1, -0.05) is 6.92 Å². The second kappa shape index (κ2) is 5.74. The molecule has 1 aliphatic heterocycles. The Bertz CT molecular complexity index is 347. The average Bonchev–Trinajstić information content (AvgIpc) is 2.87. The zero-order chi connectivity index (χ0) is 12.3. The molecule has 0 aromatic carbocycles. The minimum atomic E-state index is 0.413. The van der Waals surface area contributed by atoms with Crippen LogP contribution in [0.5, 0.6) is 0 Å². The van der Waals surface area contributed by atoms with E-state index >= 15 is 0 Å². The lowest BCUT2D eigenvalue weighted by molar-refractivity contribution is 0.190. The summed E-state index contributed by atoms with van der Waals surface area (Å²) >= 11 is 5.71. The van der Waals surface area contributed by atoms with Gasteiger partial charge in [0.05, 0.1) is 11.6 Å². The van der Waals surface area contributed by atoms with E-state index in [-0.39, 0.29) is 0 Å². The molecule has 1 aromatic heterocycles. The van der Waals surface area contributed by atoms with Crippen LogP contribution in [0.4, 0.5) is 6.01 Å². The maximum atomic E-state index is 5.71. The number of anilines is 1. The first-order chi connectivity index (χ1) is 8.24. The van der Waals surface area contributed by atoms with Crippen molar-refractivity contribution in [1.82, 2.24) is 9.88 Å². The molecule has 0 spiro atoms. The third-order valence-corrected chi connectivity index (χ3v) is 3.75. The monoisotopic (exact) mass is 257 g/mol. The van der Waals surface area contributed by atoms with Gasteiger partial charge in [-0.2, -0.15) is 4.98 Å². The fourth-order valence-electron chi connectivity index (χ4n) is 2.12. The van der Waals surface area contributed by atoms with Gasteiger partial charge in [-0.25, -0.2) is 0 Å². The van der Waals surface area contributed by atoms with Crippen molar-refractivity contribution in [3.63, 3.8) is 0 Å². The Morgan fingerprint density at radius 3 is 2.65 bits per heavy atom. The highest BCUT2D eigenvalue weighted by atomic mass is 35.5. The Morgan fingerprint density at radius 1 is 1.41 bits per heavy atom. The summed E-state index contributed by atoms with van der Waals surface area (Å²) in [4.78, 5) is 9.06. The van der Waals surface area contributed by atoms with Gasteiger partial charge in [0, 0.05) is 32.2 Å². The molecule has 1 atom stereocenters. The summed E-state index contributed by atoms with van der Waals surface area (Å²) in [6.07, 6.45) is 2.85. The quantitative estimate of drug-likeness (QED) is 0.775. The molecule has 5 heteroatoms. The molecule has 1 unspecified atom stereocenters. The minimum absolute atomic E-state index is 0.413. The number of rotatable bonds is 4. The van der Waals surface area contributed by atoms with Gasteiger partial charge in [0.25, 0.3) is 6.01 Å². The van der Waals surface area contributed by atoms with Gasteiger partial charge in [0.2, 0.25) is 0 Å². The molecule has 1 fully saturated rings. The van der Waals surface area contributed by atoms with E-state index in [2.05, 4.69) is 28.6 Å². The number of nitrogens with zero attached hydrogens (tertiary/aromatic N) is 3. The van der Waals surface area contributed by atoms with Crippen molar-refractivity contribution in [3.05, 3.63) is 12.0 Å². The number of piperazine rings is 1. The summed E-state index contributed by atoms with van der Waals surface area (Å²) in [7, 11) is 0. The van der Waals surface area contributed by atoms with Crippen molar-refractivity contribution in [2.75, 3.05) is 31.1 Å². The largest absolute Gasteiger partial charge is 0.432 e. The van der Waals surface area contributed by atoms with Crippen LogP contribution in [0, 0.1) is 0 Å². The third-order valence-electron chi connectivity index (χ3n) is 3.48. The number of oxazole rings is 1. The third kappa shape index (κ3) is 2.93. The molecule has 0 saturated carbocycles. The zero-order valence-corrected chi connectivity index (χ0v) is 11.3. The van der Waals surface area contributed by atoms with Crippen molar-refractivity contribution < 1.29 is 4.42 Å². The molecule has 1 aromatic rings. The summed E-state index contributed by atoms with van der Waals surface area (Å²) in [5.41, 5.74) is 0.811. The van der Waals surface area contributed by atoms with Crippen LogP contribution >= 0.6 is 11.6 Å². The molecule has 0 amide bonds. The van der Waals surface area contributed by atoms with E-state index in [9.17, 15) is 0 Å². The minimum Gasteiger partial charge on any atom is -0.432 e. The van der Waals surface area contributed by atoms with E-state index in [1.165, 1.54) is 6.42 Å². The van der Waals surface area contributed by atoms with Crippen LogP contribution in [0.15, 0.2) is 10.7 Å². The summed E-state index contributed by atoms with van der Waals surface area (Å²) in [6.45, 7) is 8.63. The lowest BCUT2D eigenvalue weighted by Gasteiger charge is -2.37. The second-order valence-corrected chi connectivity index (χ2v) is 4.80. The number of alkyl halides is 1. The van der Waals surface area contributed by atoms with Gasteiger partial charge in [-0.05, 0) is 13.3 Å². The van der Waals surface area contributed by atoms with Crippen LogP contribution in [0.2, 0.25) is 0 Å². The van der Waals surface area contributed by atoms with Gasteiger partial charge < -0.3 is 9.32 Å². The highest BCUT2D eigenvalue weighted by Gasteiger charge is 2.22. The smallest absolute Gasteiger partial charge is 0.297 e. The molecule has 96 valence electrons. The Balaban J connectivity index is 1.90. The molecular formula is C12H20ClN3O. The number of halogens is 1. The van der Waals surface area contributed by atoms with Crippen LogP contribution in [-0.4, -0.2) is 42.1 Å². The second-order valence-electron chi connectivity index (χ2n) is 4.54. The van der Waals surface area contributed by atoms with E-state index < -0.39 is 0 Å². The first-order valence-electron chi connectivity index (χ1n) is 6.24. The maximum absolute atomic E-state index is 5.71. The van der Waals surface area contributed by atoms with Gasteiger partial charge >= 0.3 is 0 Å². The maximum Gasteiger partial charge on any atom is 0.297 e. The highest BCUT2D eigenvalue weighted by molar-refractivity contribution is 6.16. The molecule has 1 aliphatic rings. The molecule has 2 rings (SSSR count). The van der Waals surface area contributed by atoms with Gasteiger partial charge in [-0.3, -0.25) is 4.90 Å². The van der Waals surface area contributed by atoms with Crippen LogP contribution in [0.1, 0.15) is 26.0 Å². The van der Waals surface area contributed by atoms with E-state index in [1.54, 1.807) is 6.26 Å². The number of aromatic nitrogens is 1. The molecule has 2 heterocycles. The van der Waals surface area contributed by atoms with Gasteiger partial charge in [-0.15, -0.1) is 11.6 Å². The Morgan fingerprint density at radius 2 is 2.12 bits per heavy atom. The first-order valence-corrected chi connectivity index (χ1v) is 6.77. The van der Waals surface area contributed by atoms with Crippen molar-refractivity contribution >= 4 is 17.6 Å². The number of hydrogen-bond acceptors (Lipinski definition) is 4. The lowest BCUT2D eigenvalue weighted by atomic mass is 10.2. The highest BCUT2D eigenvalue weighted by Crippen LogP contribution is 2.18. The van der Waals surface area contributed by atoms with Crippen LogP contribution in [0.3, 0.4) is 0 Å². The van der Waals surface area contributed by atoms with E-state index in [4.69, 9.17) is 16.0 Å². The summed E-state index contributed by atoms with van der Waals surface area (Å²) < 4.78 is 5.43. The predicted molar refractivity (Wildman–Crippen MR) is 69.6 cm³/mol. The number of hydrogen-bond donors (Lipinski definition) is 0. The Labute approximate surface area is 108 Å². The van der Waals surface area contributed by atoms with Crippen molar-refractivity contribution in [2.24, 2.45) is 0 Å². The normalized spacial score (nSPS) is 19.6. The average molecular weight is 258 g/mol. The van der Waals surface area contributed by atoms with E-state index in [0.717, 1.165) is 31.9 Å². The molecular weight excluding hydrogens is 238 g/mol. The zero-order valence-electron chi connectivity index (χ0n) is 10.5. The SMILES string of the molecule is CCC(C)N1CCN(c2nc(CCl)co2)CC1.